The first-order valence-corrected chi connectivity index (χ1v) is 11.0. The van der Waals surface area contributed by atoms with Gasteiger partial charge in [-0.1, -0.05) is 78.9 Å². The summed E-state index contributed by atoms with van der Waals surface area (Å²) in [6.45, 7) is 0. The largest absolute Gasteiger partial charge is 0.297 e. The van der Waals surface area contributed by atoms with Gasteiger partial charge in [-0.25, -0.2) is 14.7 Å². The van der Waals surface area contributed by atoms with Gasteiger partial charge in [-0.05, 0) is 23.8 Å². The fourth-order valence-corrected chi connectivity index (χ4v) is 3.99. The molecule has 2 aromatic heterocycles. The third-order valence-electron chi connectivity index (χ3n) is 5.66. The summed E-state index contributed by atoms with van der Waals surface area (Å²) in [5.41, 5.74) is 2.52. The first-order valence-electron chi connectivity index (χ1n) is 11.0. The summed E-state index contributed by atoms with van der Waals surface area (Å²) >= 11 is 0. The minimum Gasteiger partial charge on any atom is -0.267 e. The Bertz CT molecular complexity index is 1670. The minimum atomic E-state index is -0.425. The molecule has 8 heteroatoms. The Kier molecular flexibility index (Phi) is 4.89. The molecule has 6 rings (SSSR count). The van der Waals surface area contributed by atoms with E-state index < -0.39 is 11.5 Å². The topological polar surface area (TPSA) is 85.4 Å². The molecular formula is C27H18N6O2. The summed E-state index contributed by atoms with van der Waals surface area (Å²) in [5.74, 6) is -0.0807. The van der Waals surface area contributed by atoms with Gasteiger partial charge in [-0.2, -0.15) is 14.8 Å². The lowest BCUT2D eigenvalue weighted by atomic mass is 10.2. The van der Waals surface area contributed by atoms with Crippen molar-refractivity contribution in [1.29, 1.82) is 0 Å². The lowest BCUT2D eigenvalue weighted by molar-refractivity contribution is -0.115. The van der Waals surface area contributed by atoms with Crippen molar-refractivity contribution in [3.63, 3.8) is 0 Å². The van der Waals surface area contributed by atoms with Gasteiger partial charge in [-0.3, -0.25) is 9.59 Å². The van der Waals surface area contributed by atoms with E-state index in [-0.39, 0.29) is 11.1 Å². The van der Waals surface area contributed by atoms with Gasteiger partial charge in [0.25, 0.3) is 11.5 Å². The van der Waals surface area contributed by atoms with Crippen LogP contribution in [-0.4, -0.2) is 31.2 Å². The number of aromatic nitrogens is 4. The molecule has 0 spiro atoms. The highest BCUT2D eigenvalue weighted by molar-refractivity contribution is 6.29. The molecule has 1 amide bonds. The van der Waals surface area contributed by atoms with Crippen LogP contribution in [0.3, 0.4) is 0 Å². The van der Waals surface area contributed by atoms with E-state index in [2.05, 4.69) is 15.1 Å². The van der Waals surface area contributed by atoms with Gasteiger partial charge in [0.2, 0.25) is 0 Å². The number of hydrogen-bond acceptors (Lipinski definition) is 5. The molecule has 0 unspecified atom stereocenters. The monoisotopic (exact) mass is 458 g/mol. The van der Waals surface area contributed by atoms with Crippen molar-refractivity contribution >= 4 is 28.9 Å². The van der Waals surface area contributed by atoms with Gasteiger partial charge in [0.05, 0.1) is 11.9 Å². The predicted molar refractivity (Wildman–Crippen MR) is 134 cm³/mol. The third-order valence-corrected chi connectivity index (χ3v) is 5.66. The second kappa shape index (κ2) is 8.35. The van der Waals surface area contributed by atoms with Crippen LogP contribution >= 0.6 is 0 Å². The average Bonchev–Trinajstić information content (AvgIpc) is 3.48. The van der Waals surface area contributed by atoms with E-state index >= 15 is 0 Å². The van der Waals surface area contributed by atoms with Gasteiger partial charge in [0.1, 0.15) is 17.4 Å². The normalized spacial score (nSPS) is 14.6. The molecular weight excluding hydrogens is 440 g/mol. The molecule has 0 saturated carbocycles. The molecule has 3 aromatic carbocycles. The molecule has 168 valence electrons. The Balaban J connectivity index is 1.50. The molecule has 0 bridgehead atoms. The Morgan fingerprint density at radius 1 is 0.771 bits per heavy atom. The molecule has 1 aliphatic heterocycles. The average molecular weight is 458 g/mol. The molecule has 1 aliphatic rings. The van der Waals surface area contributed by atoms with Crippen molar-refractivity contribution in [3.8, 4) is 5.69 Å². The van der Waals surface area contributed by atoms with Crippen LogP contribution in [0, 0.1) is 0 Å². The number of amides is 1. The van der Waals surface area contributed by atoms with E-state index in [0.717, 1.165) is 11.3 Å². The lowest BCUT2D eigenvalue weighted by Gasteiger charge is -2.19. The van der Waals surface area contributed by atoms with Crippen LogP contribution < -0.4 is 10.6 Å². The number of benzene rings is 3. The Morgan fingerprint density at radius 2 is 1.43 bits per heavy atom. The highest BCUT2D eigenvalue weighted by Crippen LogP contribution is 2.21. The molecule has 5 aromatic rings. The number of rotatable bonds is 4. The van der Waals surface area contributed by atoms with E-state index in [1.165, 1.54) is 22.2 Å². The molecule has 0 atom stereocenters. The van der Waals surface area contributed by atoms with Crippen molar-refractivity contribution in [1.82, 2.24) is 19.4 Å². The molecule has 0 N–H and O–H groups in total. The predicted octanol–water partition coefficient (Wildman–Crippen LogP) is 3.55. The molecule has 35 heavy (non-hydrogen) atoms. The second-order valence-corrected chi connectivity index (χ2v) is 7.88. The van der Waals surface area contributed by atoms with Crippen LogP contribution in [0.1, 0.15) is 11.1 Å². The van der Waals surface area contributed by atoms with Gasteiger partial charge in [-0.15, -0.1) is 0 Å². The fraction of sp³-hybridized carbons (Fsp3) is 0. The van der Waals surface area contributed by atoms with E-state index in [1.807, 2.05) is 91.0 Å². The zero-order valence-corrected chi connectivity index (χ0v) is 18.4. The maximum absolute atomic E-state index is 13.5. The number of para-hydroxylation sites is 1. The van der Waals surface area contributed by atoms with Crippen molar-refractivity contribution < 1.29 is 4.79 Å². The number of aliphatic imine (C=N–C) groups is 1. The van der Waals surface area contributed by atoms with E-state index in [0.29, 0.717) is 17.0 Å². The van der Waals surface area contributed by atoms with Gasteiger partial charge in [0.15, 0.2) is 11.5 Å². The van der Waals surface area contributed by atoms with E-state index in [1.54, 1.807) is 10.8 Å². The maximum atomic E-state index is 13.5. The van der Waals surface area contributed by atoms with Crippen LogP contribution in [0.5, 0.6) is 0 Å². The Morgan fingerprint density at radius 3 is 2.14 bits per heavy atom. The SMILES string of the molecule is O=C1/C(=C/c2ccccc2)N=C(c2ccccc2)N1n1cnc2c(cnn2-c2ccccc2)c1=O. The van der Waals surface area contributed by atoms with Crippen LogP contribution in [-0.2, 0) is 4.79 Å². The van der Waals surface area contributed by atoms with Crippen LogP contribution in [0.4, 0.5) is 0 Å². The van der Waals surface area contributed by atoms with Crippen LogP contribution in [0.15, 0.2) is 119 Å². The Labute approximate surface area is 199 Å². The van der Waals surface area contributed by atoms with Crippen molar-refractivity contribution in [2.75, 3.05) is 5.01 Å². The first kappa shape index (κ1) is 20.5. The van der Waals surface area contributed by atoms with E-state index in [4.69, 9.17) is 0 Å². The number of carbonyl (C=O) groups excluding carboxylic acids is 1. The smallest absolute Gasteiger partial charge is 0.267 e. The number of amidine groups is 1. The Hall–Kier alpha value is -5.11. The van der Waals surface area contributed by atoms with Crippen LogP contribution in [0.2, 0.25) is 0 Å². The number of carbonyl (C=O) groups is 1. The molecule has 0 radical (unpaired) electrons. The van der Waals surface area contributed by atoms with Gasteiger partial charge in [0, 0.05) is 5.56 Å². The summed E-state index contributed by atoms with van der Waals surface area (Å²) in [6, 6.07) is 28.2. The highest BCUT2D eigenvalue weighted by atomic mass is 16.2. The molecule has 0 aliphatic carbocycles. The third kappa shape index (κ3) is 3.53. The number of nitrogens with zero attached hydrogens (tertiary/aromatic N) is 6. The summed E-state index contributed by atoms with van der Waals surface area (Å²) in [4.78, 5) is 36.2. The summed E-state index contributed by atoms with van der Waals surface area (Å²) in [6.07, 6.45) is 4.51. The van der Waals surface area contributed by atoms with E-state index in [9.17, 15) is 9.59 Å². The quantitative estimate of drug-likeness (QED) is 0.386. The van der Waals surface area contributed by atoms with Crippen molar-refractivity contribution in [2.24, 2.45) is 4.99 Å². The summed E-state index contributed by atoms with van der Waals surface area (Å²) in [5, 5.41) is 5.91. The number of fused-ring (bicyclic) bond motifs is 1. The summed E-state index contributed by atoms with van der Waals surface area (Å²) < 4.78 is 2.79. The fourth-order valence-electron chi connectivity index (χ4n) is 3.99. The summed E-state index contributed by atoms with van der Waals surface area (Å²) in [7, 11) is 0. The molecule has 8 nitrogen and oxygen atoms in total. The number of hydrogen-bond donors (Lipinski definition) is 0. The second-order valence-electron chi connectivity index (χ2n) is 7.88. The lowest BCUT2D eigenvalue weighted by Crippen LogP contribution is -2.47. The molecule has 3 heterocycles. The van der Waals surface area contributed by atoms with Gasteiger partial charge >= 0.3 is 0 Å². The van der Waals surface area contributed by atoms with Gasteiger partial charge < -0.3 is 0 Å². The van der Waals surface area contributed by atoms with Crippen molar-refractivity contribution in [2.45, 2.75) is 0 Å². The van der Waals surface area contributed by atoms with Crippen molar-refractivity contribution in [3.05, 3.63) is 131 Å². The molecule has 0 fully saturated rings. The zero-order valence-electron chi connectivity index (χ0n) is 18.4. The zero-order chi connectivity index (χ0) is 23.8. The van der Waals surface area contributed by atoms with Crippen LogP contribution in [0.25, 0.3) is 22.8 Å². The molecule has 0 saturated heterocycles. The maximum Gasteiger partial charge on any atom is 0.297 e. The minimum absolute atomic E-state index is 0.224. The highest BCUT2D eigenvalue weighted by Gasteiger charge is 2.34. The standard InChI is InChI=1S/C27H18N6O2/c34-26-22-17-29-32(21-14-8-3-9-15-21)25(22)28-18-31(26)33-24(20-12-6-2-7-13-20)30-23(27(33)35)16-19-10-4-1-5-11-19/h1-18H/b23-16-. The first-order chi connectivity index (χ1) is 17.2.